The molecule has 0 radical (unpaired) electrons. The number of nitrogens with one attached hydrogen (secondary N) is 1. The lowest BCUT2D eigenvalue weighted by Crippen LogP contribution is -2.28. The molecule has 6 heteroatoms. The summed E-state index contributed by atoms with van der Waals surface area (Å²) >= 11 is 0. The summed E-state index contributed by atoms with van der Waals surface area (Å²) in [5.74, 6) is -0.453. The minimum atomic E-state index is -0.984. The number of ether oxygens (including phenoxy) is 1. The Morgan fingerprint density at radius 2 is 2.33 bits per heavy atom. The average molecular weight is 251 g/mol. The molecule has 0 spiro atoms. The van der Waals surface area contributed by atoms with Crippen LogP contribution in [0.3, 0.4) is 0 Å². The molecule has 2 N–H and O–H groups in total. The van der Waals surface area contributed by atoms with Crippen LogP contribution in [-0.2, 0) is 24.1 Å². The van der Waals surface area contributed by atoms with Gasteiger partial charge in [0.25, 0.3) is 0 Å². The molecule has 0 bridgehead atoms. The molecule has 0 fully saturated rings. The zero-order chi connectivity index (χ0) is 13.1. The second-order valence-electron chi connectivity index (χ2n) is 4.40. The second-order valence-corrected chi connectivity index (χ2v) is 4.40. The van der Waals surface area contributed by atoms with Gasteiger partial charge in [0.1, 0.15) is 5.82 Å². The number of carbonyl (C=O) groups is 1. The number of methoxy groups -OCH3 is 1. The van der Waals surface area contributed by atoms with E-state index in [1.807, 2.05) is 6.92 Å². The average Bonchev–Trinajstić information content (AvgIpc) is 2.37. The fourth-order valence-electron chi connectivity index (χ4n) is 2.02. The summed E-state index contributed by atoms with van der Waals surface area (Å²) in [5, 5.41) is 12.4. The fraction of sp³-hybridized carbons (Fsp3) is 0.583. The minimum Gasteiger partial charge on any atom is -0.477 e. The van der Waals surface area contributed by atoms with Crippen molar-refractivity contribution in [2.75, 3.05) is 13.7 Å². The van der Waals surface area contributed by atoms with E-state index in [4.69, 9.17) is 4.74 Å². The molecular formula is C12H17N3O3. The van der Waals surface area contributed by atoms with Crippen molar-refractivity contribution >= 4 is 5.97 Å². The Labute approximate surface area is 105 Å². The van der Waals surface area contributed by atoms with E-state index in [1.165, 1.54) is 0 Å². The molecule has 1 atom stereocenters. The Morgan fingerprint density at radius 1 is 1.56 bits per heavy atom. The Morgan fingerprint density at radius 3 is 3.00 bits per heavy atom. The maximum Gasteiger partial charge on any atom is 0.354 e. The molecule has 0 amide bonds. The molecule has 2 heterocycles. The lowest BCUT2D eigenvalue weighted by Gasteiger charge is -2.19. The SMILES string of the molecule is COC(C)Cc1nc2c(c(C(=O)O)n1)CCNC2. The first-order valence-corrected chi connectivity index (χ1v) is 5.97. The standard InChI is InChI=1S/C12H17N3O3/c1-7(18-2)5-10-14-9-6-13-4-3-8(9)11(15-10)12(16)17/h7,13H,3-6H2,1-2H3,(H,16,17). The van der Waals surface area contributed by atoms with Crippen molar-refractivity contribution in [3.8, 4) is 0 Å². The number of hydrogen-bond donors (Lipinski definition) is 2. The lowest BCUT2D eigenvalue weighted by molar-refractivity contribution is 0.0687. The monoisotopic (exact) mass is 251 g/mol. The zero-order valence-corrected chi connectivity index (χ0v) is 10.6. The molecule has 0 aromatic carbocycles. The van der Waals surface area contributed by atoms with Crippen LogP contribution in [0.1, 0.15) is 34.5 Å². The Hall–Kier alpha value is -1.53. The van der Waals surface area contributed by atoms with Gasteiger partial charge >= 0.3 is 5.97 Å². The molecule has 1 aliphatic heterocycles. The predicted molar refractivity (Wildman–Crippen MR) is 64.6 cm³/mol. The van der Waals surface area contributed by atoms with Gasteiger partial charge in [-0.05, 0) is 19.9 Å². The number of nitrogens with zero attached hydrogens (tertiary/aromatic N) is 2. The molecule has 98 valence electrons. The lowest BCUT2D eigenvalue weighted by atomic mass is 10.0. The van der Waals surface area contributed by atoms with Gasteiger partial charge in [0.2, 0.25) is 0 Å². The first-order valence-electron chi connectivity index (χ1n) is 5.97. The summed E-state index contributed by atoms with van der Waals surface area (Å²) in [4.78, 5) is 19.8. The maximum atomic E-state index is 11.2. The second kappa shape index (κ2) is 5.41. The fourth-order valence-corrected chi connectivity index (χ4v) is 2.02. The van der Waals surface area contributed by atoms with Gasteiger partial charge in [-0.1, -0.05) is 0 Å². The van der Waals surface area contributed by atoms with Crippen LogP contribution in [0.5, 0.6) is 0 Å². The van der Waals surface area contributed by atoms with Gasteiger partial charge < -0.3 is 15.2 Å². The Bertz CT molecular complexity index is 462. The zero-order valence-electron chi connectivity index (χ0n) is 10.6. The van der Waals surface area contributed by atoms with Crippen LogP contribution in [0.15, 0.2) is 0 Å². The van der Waals surface area contributed by atoms with Crippen LogP contribution in [0, 0.1) is 0 Å². The van der Waals surface area contributed by atoms with Crippen molar-refractivity contribution in [1.29, 1.82) is 0 Å². The minimum absolute atomic E-state index is 0.0266. The summed E-state index contributed by atoms with van der Waals surface area (Å²) in [5.41, 5.74) is 1.70. The van der Waals surface area contributed by atoms with Crippen LogP contribution >= 0.6 is 0 Å². The van der Waals surface area contributed by atoms with Gasteiger partial charge in [-0.15, -0.1) is 0 Å². The first-order chi connectivity index (χ1) is 8.61. The number of aromatic nitrogens is 2. The summed E-state index contributed by atoms with van der Waals surface area (Å²) in [6.45, 7) is 3.28. The van der Waals surface area contributed by atoms with Gasteiger partial charge in [0, 0.05) is 25.6 Å². The van der Waals surface area contributed by atoms with Gasteiger partial charge in [0.05, 0.1) is 11.8 Å². The third-order valence-corrected chi connectivity index (χ3v) is 3.06. The number of fused-ring (bicyclic) bond motifs is 1. The first kappa shape index (κ1) is 12.9. The van der Waals surface area contributed by atoms with E-state index in [1.54, 1.807) is 7.11 Å². The molecule has 2 rings (SSSR count). The molecule has 1 unspecified atom stereocenters. The van der Waals surface area contributed by atoms with Gasteiger partial charge in [-0.3, -0.25) is 0 Å². The topological polar surface area (TPSA) is 84.3 Å². The Balaban J connectivity index is 2.38. The number of rotatable bonds is 4. The number of aromatic carboxylic acids is 1. The highest BCUT2D eigenvalue weighted by atomic mass is 16.5. The number of hydrogen-bond acceptors (Lipinski definition) is 5. The van der Waals surface area contributed by atoms with Crippen molar-refractivity contribution in [2.45, 2.75) is 32.4 Å². The van der Waals surface area contributed by atoms with Crippen molar-refractivity contribution < 1.29 is 14.6 Å². The number of carboxylic acid groups (broad SMARTS) is 1. The van der Waals surface area contributed by atoms with Crippen molar-refractivity contribution in [2.24, 2.45) is 0 Å². The van der Waals surface area contributed by atoms with E-state index in [0.29, 0.717) is 25.2 Å². The highest BCUT2D eigenvalue weighted by molar-refractivity contribution is 5.87. The highest BCUT2D eigenvalue weighted by Gasteiger charge is 2.22. The molecular weight excluding hydrogens is 234 g/mol. The van der Waals surface area contributed by atoms with Gasteiger partial charge in [-0.2, -0.15) is 0 Å². The third-order valence-electron chi connectivity index (χ3n) is 3.06. The van der Waals surface area contributed by atoms with E-state index in [-0.39, 0.29) is 11.8 Å². The van der Waals surface area contributed by atoms with E-state index >= 15 is 0 Å². The number of carboxylic acids is 1. The van der Waals surface area contributed by atoms with Crippen molar-refractivity contribution in [3.05, 3.63) is 22.8 Å². The highest BCUT2D eigenvalue weighted by Crippen LogP contribution is 2.16. The third kappa shape index (κ3) is 2.65. The molecule has 18 heavy (non-hydrogen) atoms. The molecule has 1 aliphatic rings. The smallest absolute Gasteiger partial charge is 0.354 e. The molecule has 0 aliphatic carbocycles. The van der Waals surface area contributed by atoms with Crippen molar-refractivity contribution in [1.82, 2.24) is 15.3 Å². The van der Waals surface area contributed by atoms with Crippen LogP contribution in [0.25, 0.3) is 0 Å². The molecule has 1 aromatic rings. The predicted octanol–water partition coefficient (Wildman–Crippen LogP) is 0.398. The van der Waals surface area contributed by atoms with Crippen molar-refractivity contribution in [3.63, 3.8) is 0 Å². The normalized spacial score (nSPS) is 16.1. The Kier molecular flexibility index (Phi) is 3.88. The summed E-state index contributed by atoms with van der Waals surface area (Å²) < 4.78 is 5.16. The van der Waals surface area contributed by atoms with E-state index in [0.717, 1.165) is 17.8 Å². The van der Waals surface area contributed by atoms with Crippen LogP contribution < -0.4 is 5.32 Å². The molecule has 6 nitrogen and oxygen atoms in total. The molecule has 0 saturated carbocycles. The largest absolute Gasteiger partial charge is 0.477 e. The van der Waals surface area contributed by atoms with Crippen LogP contribution in [0.4, 0.5) is 0 Å². The van der Waals surface area contributed by atoms with Crippen LogP contribution in [0.2, 0.25) is 0 Å². The quantitative estimate of drug-likeness (QED) is 0.805. The molecule has 1 aromatic heterocycles. The van der Waals surface area contributed by atoms with E-state index < -0.39 is 5.97 Å². The van der Waals surface area contributed by atoms with Crippen LogP contribution in [-0.4, -0.2) is 40.8 Å². The van der Waals surface area contributed by atoms with E-state index in [9.17, 15) is 9.90 Å². The summed E-state index contributed by atoms with van der Waals surface area (Å²) in [6.07, 6.45) is 1.16. The summed E-state index contributed by atoms with van der Waals surface area (Å²) in [7, 11) is 1.61. The molecule has 0 saturated heterocycles. The van der Waals surface area contributed by atoms with Gasteiger partial charge in [0.15, 0.2) is 5.69 Å². The van der Waals surface area contributed by atoms with E-state index in [2.05, 4.69) is 15.3 Å². The van der Waals surface area contributed by atoms with Gasteiger partial charge in [-0.25, -0.2) is 14.8 Å². The summed E-state index contributed by atoms with van der Waals surface area (Å²) in [6, 6.07) is 0. The maximum absolute atomic E-state index is 11.2.